The van der Waals surface area contributed by atoms with Gasteiger partial charge in [-0.2, -0.15) is 0 Å². The van der Waals surface area contributed by atoms with E-state index in [2.05, 4.69) is 29.2 Å². The lowest BCUT2D eigenvalue weighted by molar-refractivity contribution is -0.120. The SMILES string of the molecule is O=C1CCc2cc[nH]c(=O)c2C1Cc1cccc(-c2ccccc2)c1. The zero-order valence-electron chi connectivity index (χ0n) is 13.9. The maximum atomic E-state index is 12.5. The van der Waals surface area contributed by atoms with Crippen LogP contribution in [0.4, 0.5) is 0 Å². The van der Waals surface area contributed by atoms with Gasteiger partial charge >= 0.3 is 0 Å². The molecule has 1 aromatic heterocycles. The van der Waals surface area contributed by atoms with E-state index in [1.807, 2.05) is 36.4 Å². The molecule has 0 fully saturated rings. The maximum Gasteiger partial charge on any atom is 0.252 e. The summed E-state index contributed by atoms with van der Waals surface area (Å²) < 4.78 is 0. The molecular weight excluding hydrogens is 310 g/mol. The molecule has 124 valence electrons. The summed E-state index contributed by atoms with van der Waals surface area (Å²) in [6, 6.07) is 20.3. The molecule has 4 rings (SSSR count). The average Bonchev–Trinajstić information content (AvgIpc) is 2.65. The molecular formula is C22H19NO2. The van der Waals surface area contributed by atoms with E-state index in [0.29, 0.717) is 24.8 Å². The summed E-state index contributed by atoms with van der Waals surface area (Å²) in [6.07, 6.45) is 3.42. The smallest absolute Gasteiger partial charge is 0.252 e. The number of hydrogen-bond acceptors (Lipinski definition) is 2. The summed E-state index contributed by atoms with van der Waals surface area (Å²) in [5.41, 5.74) is 4.89. The van der Waals surface area contributed by atoms with E-state index in [-0.39, 0.29) is 17.3 Å². The van der Waals surface area contributed by atoms with Crippen LogP contribution < -0.4 is 5.56 Å². The molecule has 1 N–H and O–H groups in total. The number of aromatic nitrogens is 1. The second-order valence-corrected chi connectivity index (χ2v) is 6.54. The lowest BCUT2D eigenvalue weighted by atomic mass is 9.79. The van der Waals surface area contributed by atoms with Crippen LogP contribution in [0.1, 0.15) is 29.0 Å². The number of hydrogen-bond donors (Lipinski definition) is 1. The van der Waals surface area contributed by atoms with Crippen LogP contribution in [0.15, 0.2) is 71.7 Å². The molecule has 3 nitrogen and oxygen atoms in total. The van der Waals surface area contributed by atoms with Crippen molar-refractivity contribution in [1.82, 2.24) is 4.98 Å². The second-order valence-electron chi connectivity index (χ2n) is 6.54. The number of pyridine rings is 1. The van der Waals surface area contributed by atoms with Crippen molar-refractivity contribution in [3.63, 3.8) is 0 Å². The number of fused-ring (bicyclic) bond motifs is 1. The molecule has 2 aromatic carbocycles. The summed E-state index contributed by atoms with van der Waals surface area (Å²) in [4.78, 5) is 27.5. The fraction of sp³-hybridized carbons (Fsp3) is 0.182. The molecule has 1 heterocycles. The molecule has 0 radical (unpaired) electrons. The Labute approximate surface area is 146 Å². The second kappa shape index (κ2) is 6.52. The first-order valence-corrected chi connectivity index (χ1v) is 8.60. The van der Waals surface area contributed by atoms with E-state index in [1.165, 1.54) is 0 Å². The lowest BCUT2D eigenvalue weighted by Crippen LogP contribution is -2.29. The van der Waals surface area contributed by atoms with Crippen molar-refractivity contribution in [2.75, 3.05) is 0 Å². The number of benzene rings is 2. The number of H-pyrrole nitrogens is 1. The van der Waals surface area contributed by atoms with Gasteiger partial charge in [0.1, 0.15) is 5.78 Å². The van der Waals surface area contributed by atoms with Crippen LogP contribution in [-0.4, -0.2) is 10.8 Å². The Morgan fingerprint density at radius 3 is 2.52 bits per heavy atom. The van der Waals surface area contributed by atoms with Crippen LogP contribution in [0.3, 0.4) is 0 Å². The third-order valence-corrected chi connectivity index (χ3v) is 4.94. The highest BCUT2D eigenvalue weighted by molar-refractivity contribution is 5.88. The minimum Gasteiger partial charge on any atom is -0.329 e. The summed E-state index contributed by atoms with van der Waals surface area (Å²) in [5, 5.41) is 0. The number of nitrogens with one attached hydrogen (secondary N) is 1. The van der Waals surface area contributed by atoms with Crippen LogP contribution in [0.5, 0.6) is 0 Å². The number of ketones is 1. The molecule has 0 bridgehead atoms. The topological polar surface area (TPSA) is 49.9 Å². The molecule has 3 heteroatoms. The van der Waals surface area contributed by atoms with Gasteiger partial charge in [-0.05, 0) is 41.2 Å². The predicted octanol–water partition coefficient (Wildman–Crippen LogP) is 3.88. The van der Waals surface area contributed by atoms with Crippen molar-refractivity contribution < 1.29 is 4.79 Å². The van der Waals surface area contributed by atoms with Gasteiger partial charge in [-0.15, -0.1) is 0 Å². The van der Waals surface area contributed by atoms with E-state index >= 15 is 0 Å². The average molecular weight is 329 g/mol. The van der Waals surface area contributed by atoms with Gasteiger partial charge in [-0.3, -0.25) is 9.59 Å². The summed E-state index contributed by atoms with van der Waals surface area (Å²) in [7, 11) is 0. The van der Waals surface area contributed by atoms with Crippen molar-refractivity contribution >= 4 is 5.78 Å². The summed E-state index contributed by atoms with van der Waals surface area (Å²) >= 11 is 0. The molecule has 0 saturated heterocycles. The van der Waals surface area contributed by atoms with Gasteiger partial charge < -0.3 is 4.98 Å². The first-order valence-electron chi connectivity index (χ1n) is 8.60. The number of carbonyl (C=O) groups is 1. The Bertz CT molecular complexity index is 973. The predicted molar refractivity (Wildman–Crippen MR) is 98.7 cm³/mol. The largest absolute Gasteiger partial charge is 0.329 e. The zero-order chi connectivity index (χ0) is 17.2. The van der Waals surface area contributed by atoms with E-state index in [1.54, 1.807) is 6.20 Å². The Hall–Kier alpha value is -2.94. The first kappa shape index (κ1) is 15.6. The molecule has 0 aliphatic heterocycles. The lowest BCUT2D eigenvalue weighted by Gasteiger charge is -2.23. The quantitative estimate of drug-likeness (QED) is 0.793. The molecule has 25 heavy (non-hydrogen) atoms. The molecule has 0 spiro atoms. The van der Waals surface area contributed by atoms with E-state index in [4.69, 9.17) is 0 Å². The molecule has 1 unspecified atom stereocenters. The van der Waals surface area contributed by atoms with Crippen LogP contribution in [0, 0.1) is 0 Å². The normalized spacial score (nSPS) is 16.5. The number of Topliss-reactive ketones (excluding diaryl/α,β-unsaturated/α-hetero) is 1. The van der Waals surface area contributed by atoms with E-state index < -0.39 is 0 Å². The van der Waals surface area contributed by atoms with E-state index in [0.717, 1.165) is 22.3 Å². The van der Waals surface area contributed by atoms with Crippen molar-refractivity contribution in [2.24, 2.45) is 0 Å². The summed E-state index contributed by atoms with van der Waals surface area (Å²) in [6.45, 7) is 0. The standard InChI is InChI=1S/C22H19NO2/c24-20-10-9-17-11-12-23-22(25)21(17)19(20)14-15-5-4-8-18(13-15)16-6-2-1-3-7-16/h1-8,11-13,19H,9-10,14H2,(H,23,25). The van der Waals surface area contributed by atoms with Crippen molar-refractivity contribution in [1.29, 1.82) is 0 Å². The van der Waals surface area contributed by atoms with Crippen LogP contribution in [-0.2, 0) is 17.6 Å². The fourth-order valence-electron chi connectivity index (χ4n) is 3.68. The van der Waals surface area contributed by atoms with Crippen LogP contribution in [0.2, 0.25) is 0 Å². The van der Waals surface area contributed by atoms with Gasteiger partial charge in [0.25, 0.3) is 5.56 Å². The molecule has 0 amide bonds. The highest BCUT2D eigenvalue weighted by Crippen LogP contribution is 2.30. The first-order chi connectivity index (χ1) is 12.2. The Morgan fingerprint density at radius 1 is 0.880 bits per heavy atom. The molecule has 1 aliphatic rings. The monoisotopic (exact) mass is 329 g/mol. The van der Waals surface area contributed by atoms with Crippen molar-refractivity contribution in [2.45, 2.75) is 25.2 Å². The third kappa shape index (κ3) is 3.05. The van der Waals surface area contributed by atoms with Gasteiger partial charge in [0.05, 0.1) is 5.92 Å². The highest BCUT2D eigenvalue weighted by atomic mass is 16.1. The molecule has 1 aliphatic carbocycles. The minimum atomic E-state index is -0.347. The number of aryl methyl sites for hydroxylation is 1. The third-order valence-electron chi connectivity index (χ3n) is 4.94. The van der Waals surface area contributed by atoms with Gasteiger partial charge in [0.15, 0.2) is 0 Å². The van der Waals surface area contributed by atoms with Crippen LogP contribution in [0.25, 0.3) is 11.1 Å². The minimum absolute atomic E-state index is 0.130. The van der Waals surface area contributed by atoms with E-state index in [9.17, 15) is 9.59 Å². The van der Waals surface area contributed by atoms with Crippen molar-refractivity contribution in [3.8, 4) is 11.1 Å². The molecule has 0 saturated carbocycles. The maximum absolute atomic E-state index is 12.5. The summed E-state index contributed by atoms with van der Waals surface area (Å²) in [5.74, 6) is -0.186. The van der Waals surface area contributed by atoms with Gasteiger partial charge in [0.2, 0.25) is 0 Å². The van der Waals surface area contributed by atoms with Gasteiger partial charge in [-0.1, -0.05) is 54.6 Å². The number of aromatic amines is 1. The van der Waals surface area contributed by atoms with Gasteiger partial charge in [-0.25, -0.2) is 0 Å². The van der Waals surface area contributed by atoms with Crippen molar-refractivity contribution in [3.05, 3.63) is 93.9 Å². The Kier molecular flexibility index (Phi) is 4.06. The Balaban J connectivity index is 1.70. The molecule has 1 atom stereocenters. The fourth-order valence-corrected chi connectivity index (χ4v) is 3.68. The zero-order valence-corrected chi connectivity index (χ0v) is 13.9. The molecule has 3 aromatic rings. The van der Waals surface area contributed by atoms with Crippen LogP contribution >= 0.6 is 0 Å². The number of carbonyl (C=O) groups excluding carboxylic acids is 1. The highest BCUT2D eigenvalue weighted by Gasteiger charge is 2.30. The number of rotatable bonds is 3. The van der Waals surface area contributed by atoms with Gasteiger partial charge in [0, 0.05) is 18.2 Å². The Morgan fingerprint density at radius 2 is 1.68 bits per heavy atom.